The van der Waals surface area contributed by atoms with Crippen molar-refractivity contribution < 1.29 is 13.2 Å². The molecule has 1 aliphatic heterocycles. The van der Waals surface area contributed by atoms with Gasteiger partial charge < -0.3 is 10.1 Å². The van der Waals surface area contributed by atoms with Gasteiger partial charge in [0.15, 0.2) is 0 Å². The molecule has 0 radical (unpaired) electrons. The second-order valence-electron chi connectivity index (χ2n) is 4.17. The second-order valence-corrected chi connectivity index (χ2v) is 7.25. The standard InChI is InChI=1S/C11H18N2O3S2/c1-12-8-10-7-11(17-9-10)18(14,15)13-3-2-5-16-6-4-13/h7,9,12H,2-6,8H2,1H3. The average molecular weight is 290 g/mol. The summed E-state index contributed by atoms with van der Waals surface area (Å²) < 4.78 is 32.1. The van der Waals surface area contributed by atoms with E-state index in [1.54, 1.807) is 6.07 Å². The molecule has 1 aromatic rings. The van der Waals surface area contributed by atoms with Gasteiger partial charge in [0, 0.05) is 26.2 Å². The van der Waals surface area contributed by atoms with E-state index in [1.165, 1.54) is 15.6 Å². The van der Waals surface area contributed by atoms with Crippen LogP contribution < -0.4 is 5.32 Å². The normalized spacial score (nSPS) is 18.7. The zero-order valence-corrected chi connectivity index (χ0v) is 12.0. The number of hydrogen-bond acceptors (Lipinski definition) is 5. The second kappa shape index (κ2) is 6.12. The highest BCUT2D eigenvalue weighted by Crippen LogP contribution is 2.24. The Balaban J connectivity index is 2.17. The van der Waals surface area contributed by atoms with Crippen molar-refractivity contribution in [1.82, 2.24) is 9.62 Å². The predicted molar refractivity (Wildman–Crippen MR) is 71.3 cm³/mol. The first-order chi connectivity index (χ1) is 8.64. The topological polar surface area (TPSA) is 58.6 Å². The molecule has 0 saturated carbocycles. The summed E-state index contributed by atoms with van der Waals surface area (Å²) in [6.45, 7) is 2.80. The van der Waals surface area contributed by atoms with Gasteiger partial charge in [-0.25, -0.2) is 8.42 Å². The molecule has 0 amide bonds. The molecule has 0 bridgehead atoms. The maximum atomic E-state index is 12.4. The van der Waals surface area contributed by atoms with E-state index < -0.39 is 10.0 Å². The first-order valence-corrected chi connectivity index (χ1v) is 8.26. The smallest absolute Gasteiger partial charge is 0.252 e. The first-order valence-electron chi connectivity index (χ1n) is 5.94. The number of nitrogens with one attached hydrogen (secondary N) is 1. The first kappa shape index (κ1) is 14.0. The Hall–Kier alpha value is -0.470. The predicted octanol–water partition coefficient (Wildman–Crippen LogP) is 0.879. The zero-order valence-electron chi connectivity index (χ0n) is 10.4. The molecule has 0 atom stereocenters. The molecule has 1 N–H and O–H groups in total. The van der Waals surface area contributed by atoms with Crippen molar-refractivity contribution in [3.05, 3.63) is 17.0 Å². The minimum Gasteiger partial charge on any atom is -0.380 e. The molecular weight excluding hydrogens is 272 g/mol. The molecule has 1 saturated heterocycles. The summed E-state index contributed by atoms with van der Waals surface area (Å²) in [6, 6.07) is 1.75. The summed E-state index contributed by atoms with van der Waals surface area (Å²) in [4.78, 5) is 0. The Bertz CT molecular complexity index is 476. The Morgan fingerprint density at radius 1 is 1.44 bits per heavy atom. The summed E-state index contributed by atoms with van der Waals surface area (Å²) in [5, 5.41) is 4.90. The Labute approximate surface area is 112 Å². The van der Waals surface area contributed by atoms with Crippen LogP contribution in [-0.4, -0.2) is 46.1 Å². The number of sulfonamides is 1. The number of thiophene rings is 1. The SMILES string of the molecule is CNCc1csc(S(=O)(=O)N2CCCOCC2)c1. The largest absolute Gasteiger partial charge is 0.380 e. The summed E-state index contributed by atoms with van der Waals surface area (Å²) in [6.07, 6.45) is 0.758. The summed E-state index contributed by atoms with van der Waals surface area (Å²) >= 11 is 1.29. The van der Waals surface area contributed by atoms with Gasteiger partial charge in [0.1, 0.15) is 4.21 Å². The summed E-state index contributed by atoms with van der Waals surface area (Å²) in [5.74, 6) is 0. The van der Waals surface area contributed by atoms with Crippen LogP contribution in [0, 0.1) is 0 Å². The quantitative estimate of drug-likeness (QED) is 0.894. The highest BCUT2D eigenvalue weighted by molar-refractivity contribution is 7.91. The van der Waals surface area contributed by atoms with Crippen molar-refractivity contribution in [3.8, 4) is 0 Å². The molecule has 1 aliphatic rings. The molecule has 2 heterocycles. The molecule has 102 valence electrons. The minimum atomic E-state index is -3.34. The van der Waals surface area contributed by atoms with E-state index in [9.17, 15) is 8.42 Å². The highest BCUT2D eigenvalue weighted by Gasteiger charge is 2.26. The lowest BCUT2D eigenvalue weighted by Crippen LogP contribution is -2.32. The van der Waals surface area contributed by atoms with Crippen molar-refractivity contribution in [2.24, 2.45) is 0 Å². The van der Waals surface area contributed by atoms with Gasteiger partial charge in [-0.3, -0.25) is 0 Å². The number of rotatable bonds is 4. The van der Waals surface area contributed by atoms with Gasteiger partial charge in [-0.15, -0.1) is 11.3 Å². The molecule has 0 aromatic carbocycles. The summed E-state index contributed by atoms with van der Waals surface area (Å²) in [5.41, 5.74) is 1.01. The van der Waals surface area contributed by atoms with Crippen molar-refractivity contribution in [2.75, 3.05) is 33.4 Å². The molecule has 0 spiro atoms. The van der Waals surface area contributed by atoms with Crippen LogP contribution >= 0.6 is 11.3 Å². The average Bonchev–Trinajstić information content (AvgIpc) is 2.65. The molecular formula is C11H18N2O3S2. The molecule has 0 unspecified atom stereocenters. The van der Waals surface area contributed by atoms with Crippen molar-refractivity contribution >= 4 is 21.4 Å². The van der Waals surface area contributed by atoms with Crippen LogP contribution in [0.2, 0.25) is 0 Å². The Kier molecular flexibility index (Phi) is 4.74. The van der Waals surface area contributed by atoms with E-state index in [0.29, 0.717) is 37.1 Å². The van der Waals surface area contributed by atoms with Crippen molar-refractivity contribution in [1.29, 1.82) is 0 Å². The summed E-state index contributed by atoms with van der Waals surface area (Å²) in [7, 11) is -1.49. The van der Waals surface area contributed by atoms with Crippen LogP contribution in [0.4, 0.5) is 0 Å². The lowest BCUT2D eigenvalue weighted by atomic mass is 10.3. The third kappa shape index (κ3) is 3.10. The zero-order chi connectivity index (χ0) is 13.0. The lowest BCUT2D eigenvalue weighted by molar-refractivity contribution is 0.148. The van der Waals surface area contributed by atoms with Gasteiger partial charge >= 0.3 is 0 Å². The van der Waals surface area contributed by atoms with E-state index in [1.807, 2.05) is 12.4 Å². The van der Waals surface area contributed by atoms with Gasteiger partial charge in [-0.1, -0.05) is 0 Å². The molecule has 2 rings (SSSR count). The van der Waals surface area contributed by atoms with Gasteiger partial charge in [0.05, 0.1) is 6.61 Å². The molecule has 1 aromatic heterocycles. The van der Waals surface area contributed by atoms with E-state index in [0.717, 1.165) is 12.0 Å². The van der Waals surface area contributed by atoms with Crippen LogP contribution in [-0.2, 0) is 21.3 Å². The van der Waals surface area contributed by atoms with Crippen LogP contribution in [0.25, 0.3) is 0 Å². The minimum absolute atomic E-state index is 0.426. The Morgan fingerprint density at radius 2 is 2.28 bits per heavy atom. The maximum Gasteiger partial charge on any atom is 0.252 e. The van der Waals surface area contributed by atoms with Crippen molar-refractivity contribution in [3.63, 3.8) is 0 Å². The van der Waals surface area contributed by atoms with Gasteiger partial charge in [-0.05, 0) is 30.5 Å². The molecule has 7 heteroatoms. The molecule has 0 aliphatic carbocycles. The Morgan fingerprint density at radius 3 is 3.06 bits per heavy atom. The fraction of sp³-hybridized carbons (Fsp3) is 0.636. The van der Waals surface area contributed by atoms with Crippen molar-refractivity contribution in [2.45, 2.75) is 17.2 Å². The highest BCUT2D eigenvalue weighted by atomic mass is 32.2. The molecule has 18 heavy (non-hydrogen) atoms. The van der Waals surface area contributed by atoms with Crippen LogP contribution in [0.5, 0.6) is 0 Å². The number of ether oxygens (including phenoxy) is 1. The van der Waals surface area contributed by atoms with Gasteiger partial charge in [-0.2, -0.15) is 4.31 Å². The maximum absolute atomic E-state index is 12.4. The molecule has 1 fully saturated rings. The molecule has 5 nitrogen and oxygen atoms in total. The van der Waals surface area contributed by atoms with Crippen LogP contribution in [0.15, 0.2) is 15.7 Å². The fourth-order valence-corrected chi connectivity index (χ4v) is 4.70. The van der Waals surface area contributed by atoms with E-state index >= 15 is 0 Å². The van der Waals surface area contributed by atoms with Crippen LogP contribution in [0.3, 0.4) is 0 Å². The third-order valence-electron chi connectivity index (χ3n) is 2.79. The number of hydrogen-bond donors (Lipinski definition) is 1. The fourth-order valence-electron chi connectivity index (χ4n) is 1.88. The van der Waals surface area contributed by atoms with Gasteiger partial charge in [0.25, 0.3) is 10.0 Å². The third-order valence-corrected chi connectivity index (χ3v) is 6.15. The monoisotopic (exact) mass is 290 g/mol. The van der Waals surface area contributed by atoms with Gasteiger partial charge in [0.2, 0.25) is 0 Å². The van der Waals surface area contributed by atoms with E-state index in [-0.39, 0.29) is 0 Å². The van der Waals surface area contributed by atoms with E-state index in [4.69, 9.17) is 4.74 Å². The number of nitrogens with zero attached hydrogens (tertiary/aromatic N) is 1. The lowest BCUT2D eigenvalue weighted by Gasteiger charge is -2.17. The van der Waals surface area contributed by atoms with E-state index in [2.05, 4.69) is 5.32 Å². The van der Waals surface area contributed by atoms with Crippen LogP contribution in [0.1, 0.15) is 12.0 Å².